The molecule has 3 aliphatic rings. The summed E-state index contributed by atoms with van der Waals surface area (Å²) in [6.07, 6.45) is 7.14. The number of ether oxygens (including phenoxy) is 1. The summed E-state index contributed by atoms with van der Waals surface area (Å²) in [7, 11) is 3.20. The zero-order valence-corrected chi connectivity index (χ0v) is 16.9. The van der Waals surface area contributed by atoms with Crippen LogP contribution in [0.15, 0.2) is 24.5 Å². The van der Waals surface area contributed by atoms with Crippen molar-refractivity contribution in [2.24, 2.45) is 24.8 Å². The van der Waals surface area contributed by atoms with E-state index in [4.69, 9.17) is 4.74 Å². The number of carbonyl (C=O) groups is 1. The first-order valence-electron chi connectivity index (χ1n) is 10.2. The molecule has 1 N–H and O–H groups in total. The topological polar surface area (TPSA) is 94.8 Å². The van der Waals surface area contributed by atoms with Gasteiger partial charge in [0, 0.05) is 19.3 Å². The van der Waals surface area contributed by atoms with E-state index in [1.807, 2.05) is 0 Å². The molecule has 1 unspecified atom stereocenters. The quantitative estimate of drug-likeness (QED) is 0.661. The molecular weight excluding hydrogens is 387 g/mol. The van der Waals surface area contributed by atoms with Crippen molar-refractivity contribution in [3.63, 3.8) is 0 Å². The lowest BCUT2D eigenvalue weighted by Gasteiger charge is -2.47. The Kier molecular flexibility index (Phi) is 4.60. The number of halogens is 1. The number of methoxy groups -OCH3 is 1. The largest absolute Gasteiger partial charge is 0.469 e. The first-order chi connectivity index (χ1) is 14.5. The summed E-state index contributed by atoms with van der Waals surface area (Å²) in [5, 5.41) is 8.48. The van der Waals surface area contributed by atoms with E-state index in [2.05, 4.69) is 25.4 Å². The molecule has 0 saturated heterocycles. The Morgan fingerprint density at radius 3 is 2.77 bits per heavy atom. The maximum absolute atomic E-state index is 13.8. The summed E-state index contributed by atoms with van der Waals surface area (Å²) in [6.45, 7) is 0. The van der Waals surface area contributed by atoms with Gasteiger partial charge in [-0.05, 0) is 49.7 Å². The third-order valence-corrected chi connectivity index (χ3v) is 6.52. The maximum Gasteiger partial charge on any atom is 0.311 e. The van der Waals surface area contributed by atoms with Crippen LogP contribution >= 0.6 is 0 Å². The second-order valence-corrected chi connectivity index (χ2v) is 8.16. The maximum atomic E-state index is 13.8. The molecule has 9 heteroatoms. The molecule has 3 fully saturated rings. The number of nitrogens with one attached hydrogen (secondary N) is 1. The van der Waals surface area contributed by atoms with Gasteiger partial charge < -0.3 is 10.1 Å². The number of aromatic nitrogens is 5. The van der Waals surface area contributed by atoms with Crippen LogP contribution in [0.2, 0.25) is 0 Å². The molecule has 0 radical (unpaired) electrons. The number of rotatable bonds is 4. The minimum atomic E-state index is -0.440. The number of fused-ring (bicyclic) bond motifs is 4. The van der Waals surface area contributed by atoms with Crippen LogP contribution in [0.1, 0.15) is 25.7 Å². The Morgan fingerprint density at radius 1 is 1.23 bits per heavy atom. The van der Waals surface area contributed by atoms with Gasteiger partial charge in [-0.2, -0.15) is 5.10 Å². The fourth-order valence-corrected chi connectivity index (χ4v) is 5.14. The smallest absolute Gasteiger partial charge is 0.311 e. The van der Waals surface area contributed by atoms with E-state index in [1.165, 1.54) is 13.2 Å². The van der Waals surface area contributed by atoms with E-state index in [1.54, 1.807) is 24.0 Å². The monoisotopic (exact) mass is 410 g/mol. The molecule has 8 nitrogen and oxygen atoms in total. The van der Waals surface area contributed by atoms with Gasteiger partial charge in [0.15, 0.2) is 11.5 Å². The number of pyridine rings is 1. The SMILES string of the molecule is COC(=O)[C@@H]1C2CCC(CC2)C1Nc1ccnc(-c2nn(C)c3ncc(F)cc23)n1. The molecule has 3 aromatic heterocycles. The normalized spacial score (nSPS) is 25.4. The van der Waals surface area contributed by atoms with Crippen molar-refractivity contribution in [1.29, 1.82) is 0 Å². The molecule has 156 valence electrons. The molecule has 0 spiro atoms. The second kappa shape index (κ2) is 7.30. The van der Waals surface area contributed by atoms with E-state index in [0.29, 0.717) is 40.2 Å². The summed E-state index contributed by atoms with van der Waals surface area (Å²) in [6, 6.07) is 3.15. The molecule has 3 aliphatic carbocycles. The Bertz CT molecular complexity index is 1110. The van der Waals surface area contributed by atoms with E-state index < -0.39 is 5.82 Å². The van der Waals surface area contributed by atoms with Crippen LogP contribution < -0.4 is 5.32 Å². The second-order valence-electron chi connectivity index (χ2n) is 8.16. The van der Waals surface area contributed by atoms with Gasteiger partial charge in [-0.3, -0.25) is 4.79 Å². The summed E-state index contributed by atoms with van der Waals surface area (Å²) in [5.41, 5.74) is 1.03. The Balaban J connectivity index is 1.49. The molecule has 0 amide bonds. The molecule has 0 aromatic carbocycles. The summed E-state index contributed by atoms with van der Waals surface area (Å²) in [4.78, 5) is 25.6. The van der Waals surface area contributed by atoms with Gasteiger partial charge in [0.2, 0.25) is 0 Å². The van der Waals surface area contributed by atoms with Gasteiger partial charge in [-0.1, -0.05) is 0 Å². The zero-order valence-electron chi connectivity index (χ0n) is 16.9. The number of nitrogens with zero attached hydrogens (tertiary/aromatic N) is 5. The fourth-order valence-electron chi connectivity index (χ4n) is 5.14. The third-order valence-electron chi connectivity index (χ3n) is 6.52. The molecule has 3 heterocycles. The van der Waals surface area contributed by atoms with E-state index in [0.717, 1.165) is 31.9 Å². The summed E-state index contributed by atoms with van der Waals surface area (Å²) >= 11 is 0. The van der Waals surface area contributed by atoms with Gasteiger partial charge in [-0.25, -0.2) is 24.0 Å². The zero-order chi connectivity index (χ0) is 20.8. The average molecular weight is 410 g/mol. The Hall–Kier alpha value is -3.10. The molecule has 3 saturated carbocycles. The standard InChI is InChI=1S/C21H23FN6O2/c1-28-20-14(9-13(22)10-24-20)18(27-28)19-23-8-7-15(26-19)25-17-12-5-3-11(4-6-12)16(17)21(29)30-2/h7-12,16-17H,3-6H2,1-2H3,(H,23,25,26)/t11?,12?,16-,17?/m1/s1. The van der Waals surface area contributed by atoms with Gasteiger partial charge in [0.25, 0.3) is 0 Å². The number of hydrogen-bond acceptors (Lipinski definition) is 7. The predicted octanol–water partition coefficient (Wildman–Crippen LogP) is 2.95. The first kappa shape index (κ1) is 18.9. The lowest BCUT2D eigenvalue weighted by Crippen LogP contribution is -2.51. The van der Waals surface area contributed by atoms with Crippen LogP contribution in [0.25, 0.3) is 22.6 Å². The van der Waals surface area contributed by atoms with Crippen LogP contribution in [0, 0.1) is 23.6 Å². The van der Waals surface area contributed by atoms with Crippen molar-refractivity contribution in [2.45, 2.75) is 31.7 Å². The molecular formula is C21H23FN6O2. The lowest BCUT2D eigenvalue weighted by molar-refractivity contribution is -0.152. The van der Waals surface area contributed by atoms with Crippen molar-refractivity contribution in [2.75, 3.05) is 12.4 Å². The van der Waals surface area contributed by atoms with E-state index in [9.17, 15) is 9.18 Å². The van der Waals surface area contributed by atoms with Crippen LogP contribution in [-0.4, -0.2) is 43.9 Å². The van der Waals surface area contributed by atoms with Crippen molar-refractivity contribution >= 4 is 22.8 Å². The molecule has 2 bridgehead atoms. The first-order valence-corrected chi connectivity index (χ1v) is 10.2. The molecule has 30 heavy (non-hydrogen) atoms. The highest BCUT2D eigenvalue weighted by molar-refractivity contribution is 5.89. The van der Waals surface area contributed by atoms with Crippen LogP contribution in [0.5, 0.6) is 0 Å². The highest BCUT2D eigenvalue weighted by atomic mass is 19.1. The van der Waals surface area contributed by atoms with Crippen LogP contribution in [0.3, 0.4) is 0 Å². The molecule has 2 atom stereocenters. The molecule has 0 aliphatic heterocycles. The number of esters is 1. The highest BCUT2D eigenvalue weighted by Crippen LogP contribution is 2.46. The van der Waals surface area contributed by atoms with Crippen molar-refractivity contribution in [3.05, 3.63) is 30.3 Å². The number of carbonyl (C=O) groups excluding carboxylic acids is 1. The minimum Gasteiger partial charge on any atom is -0.469 e. The molecule has 3 aromatic rings. The number of aryl methyl sites for hydroxylation is 1. The lowest BCUT2D eigenvalue weighted by atomic mass is 9.61. The fraction of sp³-hybridized carbons (Fsp3) is 0.476. The van der Waals surface area contributed by atoms with Crippen LogP contribution in [0.4, 0.5) is 10.2 Å². The number of anilines is 1. The van der Waals surface area contributed by atoms with Gasteiger partial charge in [-0.15, -0.1) is 0 Å². The van der Waals surface area contributed by atoms with Gasteiger partial charge >= 0.3 is 5.97 Å². The van der Waals surface area contributed by atoms with Gasteiger partial charge in [0.05, 0.1) is 24.6 Å². The van der Waals surface area contributed by atoms with Crippen molar-refractivity contribution < 1.29 is 13.9 Å². The van der Waals surface area contributed by atoms with Crippen molar-refractivity contribution in [1.82, 2.24) is 24.7 Å². The predicted molar refractivity (Wildman–Crippen MR) is 108 cm³/mol. The van der Waals surface area contributed by atoms with E-state index >= 15 is 0 Å². The summed E-state index contributed by atoms with van der Waals surface area (Å²) in [5.74, 6) is 0.984. The van der Waals surface area contributed by atoms with E-state index in [-0.39, 0.29) is 17.9 Å². The van der Waals surface area contributed by atoms with Crippen LogP contribution in [-0.2, 0) is 16.6 Å². The Labute approximate surface area is 172 Å². The summed E-state index contributed by atoms with van der Waals surface area (Å²) < 4.78 is 20.5. The minimum absolute atomic E-state index is 0.0210. The Morgan fingerprint density at radius 2 is 2.00 bits per heavy atom. The van der Waals surface area contributed by atoms with Crippen molar-refractivity contribution in [3.8, 4) is 11.5 Å². The third kappa shape index (κ3) is 3.09. The van der Waals surface area contributed by atoms with Gasteiger partial charge in [0.1, 0.15) is 17.3 Å². The molecule has 6 rings (SSSR count). The average Bonchev–Trinajstić information content (AvgIpc) is 3.10. The number of hydrogen-bond donors (Lipinski definition) is 1. The highest BCUT2D eigenvalue weighted by Gasteiger charge is 2.47.